The Bertz CT molecular complexity index is 1160. The Labute approximate surface area is 168 Å². The van der Waals surface area contributed by atoms with Gasteiger partial charge >= 0.3 is 0 Å². The van der Waals surface area contributed by atoms with Crippen molar-refractivity contribution in [2.75, 3.05) is 25.1 Å². The summed E-state index contributed by atoms with van der Waals surface area (Å²) in [5.41, 5.74) is 0.566. The molecular weight excluding hydrogens is 392 g/mol. The predicted molar refractivity (Wildman–Crippen MR) is 110 cm³/mol. The van der Waals surface area contributed by atoms with Crippen LogP contribution in [-0.4, -0.2) is 34.1 Å². The van der Waals surface area contributed by atoms with Crippen molar-refractivity contribution in [3.63, 3.8) is 0 Å². The van der Waals surface area contributed by atoms with Gasteiger partial charge in [-0.3, -0.25) is 4.79 Å². The highest BCUT2D eigenvalue weighted by Gasteiger charge is 2.16. The summed E-state index contributed by atoms with van der Waals surface area (Å²) in [5.74, 6) is 0.909. The van der Waals surface area contributed by atoms with Crippen LogP contribution in [0, 0.1) is 0 Å². The number of fused-ring (bicyclic) bond motifs is 2. The van der Waals surface area contributed by atoms with Gasteiger partial charge in [-0.2, -0.15) is 0 Å². The molecule has 1 heterocycles. The fraction of sp³-hybridized carbons (Fsp3) is 0.190. The second kappa shape index (κ2) is 8.10. The zero-order valence-corrected chi connectivity index (χ0v) is 16.4. The molecule has 0 saturated heterocycles. The highest BCUT2D eigenvalue weighted by atomic mass is 32.2. The van der Waals surface area contributed by atoms with Gasteiger partial charge in [-0.15, -0.1) is 0 Å². The number of hydrogen-bond acceptors (Lipinski definition) is 5. The maximum atomic E-state index is 12.5. The van der Waals surface area contributed by atoms with Crippen LogP contribution in [0.4, 0.5) is 5.69 Å². The second-order valence-corrected chi connectivity index (χ2v) is 8.33. The van der Waals surface area contributed by atoms with Crippen molar-refractivity contribution in [3.8, 4) is 11.5 Å². The molecule has 150 valence electrons. The van der Waals surface area contributed by atoms with Gasteiger partial charge in [-0.25, -0.2) is 13.1 Å². The summed E-state index contributed by atoms with van der Waals surface area (Å²) in [4.78, 5) is 12.3. The fourth-order valence-electron chi connectivity index (χ4n) is 3.06. The summed E-state index contributed by atoms with van der Waals surface area (Å²) in [6, 6.07) is 17.6. The van der Waals surface area contributed by atoms with Gasteiger partial charge < -0.3 is 14.8 Å². The smallest absolute Gasteiger partial charge is 0.240 e. The van der Waals surface area contributed by atoms with Gasteiger partial charge in [-0.05, 0) is 35.0 Å². The topological polar surface area (TPSA) is 93.7 Å². The SMILES string of the molecule is O=C(CCNS(=O)(=O)c1ccc2ccccc2c1)Nc1ccc2c(c1)OCCO2. The summed E-state index contributed by atoms with van der Waals surface area (Å²) < 4.78 is 38.4. The molecule has 0 bridgehead atoms. The average Bonchev–Trinajstić information content (AvgIpc) is 2.73. The van der Waals surface area contributed by atoms with Crippen molar-refractivity contribution in [2.24, 2.45) is 0 Å². The van der Waals surface area contributed by atoms with Gasteiger partial charge in [-0.1, -0.05) is 30.3 Å². The lowest BCUT2D eigenvalue weighted by atomic mass is 10.1. The van der Waals surface area contributed by atoms with Gasteiger partial charge in [0.25, 0.3) is 0 Å². The quantitative estimate of drug-likeness (QED) is 0.649. The maximum Gasteiger partial charge on any atom is 0.240 e. The predicted octanol–water partition coefficient (Wildman–Crippen LogP) is 2.92. The van der Waals surface area contributed by atoms with Crippen molar-refractivity contribution in [3.05, 3.63) is 60.7 Å². The van der Waals surface area contributed by atoms with E-state index in [1.54, 1.807) is 36.4 Å². The number of carbonyl (C=O) groups excluding carboxylic acids is 1. The molecule has 0 fully saturated rings. The molecule has 4 rings (SSSR count). The van der Waals surface area contributed by atoms with Gasteiger partial charge in [0.15, 0.2) is 11.5 Å². The van der Waals surface area contributed by atoms with E-state index in [0.717, 1.165) is 10.8 Å². The van der Waals surface area contributed by atoms with E-state index in [4.69, 9.17) is 9.47 Å². The Balaban J connectivity index is 1.34. The van der Waals surface area contributed by atoms with Crippen LogP contribution in [0.15, 0.2) is 65.6 Å². The number of ether oxygens (including phenoxy) is 2. The summed E-state index contributed by atoms with van der Waals surface area (Å²) in [7, 11) is -3.70. The minimum Gasteiger partial charge on any atom is -0.486 e. The molecule has 0 spiro atoms. The van der Waals surface area contributed by atoms with E-state index in [2.05, 4.69) is 10.0 Å². The minimum atomic E-state index is -3.70. The largest absolute Gasteiger partial charge is 0.486 e. The van der Waals surface area contributed by atoms with Crippen molar-refractivity contribution < 1.29 is 22.7 Å². The first-order chi connectivity index (χ1) is 14.0. The lowest BCUT2D eigenvalue weighted by Crippen LogP contribution is -2.27. The van der Waals surface area contributed by atoms with Crippen LogP contribution in [0.2, 0.25) is 0 Å². The van der Waals surface area contributed by atoms with E-state index in [-0.39, 0.29) is 23.8 Å². The van der Waals surface area contributed by atoms with Crippen LogP contribution >= 0.6 is 0 Å². The van der Waals surface area contributed by atoms with Crippen molar-refractivity contribution in [1.82, 2.24) is 4.72 Å². The molecular formula is C21H20N2O5S. The molecule has 2 N–H and O–H groups in total. The van der Waals surface area contributed by atoms with E-state index in [0.29, 0.717) is 30.4 Å². The number of benzene rings is 3. The van der Waals surface area contributed by atoms with Crippen molar-refractivity contribution in [1.29, 1.82) is 0 Å². The number of nitrogens with one attached hydrogen (secondary N) is 2. The molecule has 1 aliphatic heterocycles. The number of anilines is 1. The van der Waals surface area contributed by atoms with Gasteiger partial charge in [0.2, 0.25) is 15.9 Å². The third-order valence-corrected chi connectivity index (χ3v) is 5.96. The first-order valence-electron chi connectivity index (χ1n) is 9.19. The maximum absolute atomic E-state index is 12.5. The standard InChI is InChI=1S/C21H20N2O5S/c24-21(23-17-6-8-19-20(14-17)28-12-11-27-19)9-10-22-29(25,26)18-7-5-15-3-1-2-4-16(15)13-18/h1-8,13-14,22H,9-12H2,(H,23,24). The normalized spacial score (nSPS) is 13.2. The molecule has 3 aromatic rings. The Kier molecular flexibility index (Phi) is 5.37. The van der Waals surface area contributed by atoms with Crippen LogP contribution < -0.4 is 19.5 Å². The Morgan fingerprint density at radius 2 is 1.66 bits per heavy atom. The van der Waals surface area contributed by atoms with Gasteiger partial charge in [0.05, 0.1) is 4.90 Å². The zero-order chi connectivity index (χ0) is 20.3. The zero-order valence-electron chi connectivity index (χ0n) is 15.6. The van der Waals surface area contributed by atoms with Crippen LogP contribution in [-0.2, 0) is 14.8 Å². The molecule has 0 radical (unpaired) electrons. The summed E-state index contributed by atoms with van der Waals surface area (Å²) in [6.07, 6.45) is 0.00124. The molecule has 0 aliphatic carbocycles. The molecule has 0 atom stereocenters. The van der Waals surface area contributed by atoms with E-state index in [9.17, 15) is 13.2 Å². The highest BCUT2D eigenvalue weighted by Crippen LogP contribution is 2.32. The van der Waals surface area contributed by atoms with Crippen LogP contribution in [0.3, 0.4) is 0 Å². The number of rotatable bonds is 6. The summed E-state index contributed by atoms with van der Waals surface area (Å²) >= 11 is 0. The second-order valence-electron chi connectivity index (χ2n) is 6.56. The number of carbonyl (C=O) groups is 1. The monoisotopic (exact) mass is 412 g/mol. The van der Waals surface area contributed by atoms with E-state index in [1.165, 1.54) is 0 Å². The molecule has 7 nitrogen and oxygen atoms in total. The molecule has 0 aromatic heterocycles. The number of amides is 1. The lowest BCUT2D eigenvalue weighted by Gasteiger charge is -2.19. The first kappa shape index (κ1) is 19.2. The van der Waals surface area contributed by atoms with Gasteiger partial charge in [0.1, 0.15) is 13.2 Å². The van der Waals surface area contributed by atoms with Crippen LogP contribution in [0.1, 0.15) is 6.42 Å². The molecule has 1 amide bonds. The van der Waals surface area contributed by atoms with Gasteiger partial charge in [0, 0.05) is 24.7 Å². The third kappa shape index (κ3) is 4.49. The van der Waals surface area contributed by atoms with E-state index in [1.807, 2.05) is 24.3 Å². The van der Waals surface area contributed by atoms with Crippen molar-refractivity contribution >= 4 is 32.4 Å². The Morgan fingerprint density at radius 3 is 2.48 bits per heavy atom. The lowest BCUT2D eigenvalue weighted by molar-refractivity contribution is -0.116. The number of sulfonamides is 1. The molecule has 3 aromatic carbocycles. The van der Waals surface area contributed by atoms with Crippen LogP contribution in [0.5, 0.6) is 11.5 Å². The summed E-state index contributed by atoms with van der Waals surface area (Å²) in [5, 5.41) is 4.54. The van der Waals surface area contributed by atoms with E-state index >= 15 is 0 Å². The number of hydrogen-bond donors (Lipinski definition) is 2. The van der Waals surface area contributed by atoms with E-state index < -0.39 is 10.0 Å². The highest BCUT2D eigenvalue weighted by molar-refractivity contribution is 7.89. The average molecular weight is 412 g/mol. The van der Waals surface area contributed by atoms with Crippen molar-refractivity contribution in [2.45, 2.75) is 11.3 Å². The molecule has 1 aliphatic rings. The Hall–Kier alpha value is -3.10. The van der Waals surface area contributed by atoms with Crippen LogP contribution in [0.25, 0.3) is 10.8 Å². The molecule has 0 saturated carbocycles. The molecule has 0 unspecified atom stereocenters. The minimum absolute atomic E-state index is 0.00124. The Morgan fingerprint density at radius 1 is 0.897 bits per heavy atom. The molecule has 29 heavy (non-hydrogen) atoms. The first-order valence-corrected chi connectivity index (χ1v) is 10.7. The fourth-order valence-corrected chi connectivity index (χ4v) is 4.13. The molecule has 8 heteroatoms. The summed E-state index contributed by atoms with van der Waals surface area (Å²) in [6.45, 7) is 0.947. The third-order valence-electron chi connectivity index (χ3n) is 4.50.